The van der Waals surface area contributed by atoms with Gasteiger partial charge in [0.1, 0.15) is 0 Å². The molecule has 0 unspecified atom stereocenters. The first kappa shape index (κ1) is 16.6. The molecule has 122 valence electrons. The van der Waals surface area contributed by atoms with Crippen molar-refractivity contribution < 1.29 is 9.21 Å². The molecule has 0 bridgehead atoms. The van der Waals surface area contributed by atoms with Crippen molar-refractivity contribution >= 4 is 35.0 Å². The van der Waals surface area contributed by atoms with Gasteiger partial charge < -0.3 is 9.73 Å². The summed E-state index contributed by atoms with van der Waals surface area (Å²) in [4.78, 5) is 16.3. The van der Waals surface area contributed by atoms with Crippen LogP contribution in [0.5, 0.6) is 0 Å². The number of benzene rings is 2. The Morgan fingerprint density at radius 3 is 2.83 bits per heavy atom. The lowest BCUT2D eigenvalue weighted by Crippen LogP contribution is -2.14. The fraction of sp³-hybridized carbons (Fsp3) is 0.111. The average Bonchev–Trinajstić information content (AvgIpc) is 3.06. The number of nitrogens with one attached hydrogen (secondary N) is 1. The predicted octanol–water partition coefficient (Wildman–Crippen LogP) is 5.03. The van der Waals surface area contributed by atoms with Crippen molar-refractivity contribution in [1.29, 1.82) is 0 Å². The number of carbonyl (C=O) groups excluding carboxylic acids is 1. The molecule has 3 aromatic rings. The normalized spacial score (nSPS) is 10.6. The lowest BCUT2D eigenvalue weighted by atomic mass is 10.2. The Labute approximate surface area is 149 Å². The lowest BCUT2D eigenvalue weighted by Gasteiger charge is -2.07. The molecule has 4 nitrogen and oxygen atoms in total. The number of carbonyl (C=O) groups is 1. The average molecular weight is 359 g/mol. The second-order valence-corrected chi connectivity index (χ2v) is 6.52. The summed E-state index contributed by atoms with van der Waals surface area (Å²) < 4.78 is 5.66. The molecule has 0 fully saturated rings. The molecule has 3 rings (SSSR count). The van der Waals surface area contributed by atoms with E-state index in [1.54, 1.807) is 18.3 Å². The molecule has 0 radical (unpaired) electrons. The molecule has 2 aromatic carbocycles. The van der Waals surface area contributed by atoms with Gasteiger partial charge in [0.05, 0.1) is 11.9 Å². The predicted molar refractivity (Wildman–Crippen MR) is 97.5 cm³/mol. The highest BCUT2D eigenvalue weighted by atomic mass is 35.5. The van der Waals surface area contributed by atoms with E-state index >= 15 is 0 Å². The maximum atomic E-state index is 12.1. The van der Waals surface area contributed by atoms with Crippen LogP contribution in [0.15, 0.2) is 64.4 Å². The van der Waals surface area contributed by atoms with Crippen LogP contribution in [0.3, 0.4) is 0 Å². The van der Waals surface area contributed by atoms with Gasteiger partial charge in [-0.15, -0.1) is 0 Å². The Morgan fingerprint density at radius 2 is 2.04 bits per heavy atom. The number of halogens is 1. The number of aryl methyl sites for hydroxylation is 1. The zero-order chi connectivity index (χ0) is 16.9. The third-order valence-corrected chi connectivity index (χ3v) is 4.42. The summed E-state index contributed by atoms with van der Waals surface area (Å²) in [5.41, 5.74) is 2.63. The van der Waals surface area contributed by atoms with E-state index in [2.05, 4.69) is 10.3 Å². The molecular formula is C18H15ClN2O2S. The van der Waals surface area contributed by atoms with E-state index in [0.717, 1.165) is 11.1 Å². The minimum absolute atomic E-state index is 0.134. The molecule has 1 amide bonds. The molecular weight excluding hydrogens is 344 g/mol. The van der Waals surface area contributed by atoms with E-state index in [1.807, 2.05) is 43.3 Å². The summed E-state index contributed by atoms with van der Waals surface area (Å²) in [5, 5.41) is 3.90. The number of amides is 1. The molecule has 0 saturated heterocycles. The van der Waals surface area contributed by atoms with Crippen LogP contribution in [0.2, 0.25) is 5.02 Å². The van der Waals surface area contributed by atoms with Crippen molar-refractivity contribution in [1.82, 2.24) is 4.98 Å². The zero-order valence-electron chi connectivity index (χ0n) is 13.0. The van der Waals surface area contributed by atoms with Gasteiger partial charge in [-0.2, -0.15) is 0 Å². The molecule has 0 saturated carbocycles. The fourth-order valence-electron chi connectivity index (χ4n) is 2.10. The van der Waals surface area contributed by atoms with E-state index < -0.39 is 0 Å². The van der Waals surface area contributed by atoms with Crippen LogP contribution in [-0.4, -0.2) is 16.6 Å². The van der Waals surface area contributed by atoms with Crippen LogP contribution < -0.4 is 5.32 Å². The number of nitrogens with zero attached hydrogens (tertiary/aromatic N) is 1. The van der Waals surface area contributed by atoms with Crippen LogP contribution in [0.4, 0.5) is 5.69 Å². The summed E-state index contributed by atoms with van der Waals surface area (Å²) in [6.45, 7) is 1.92. The van der Waals surface area contributed by atoms with E-state index in [9.17, 15) is 4.79 Å². The van der Waals surface area contributed by atoms with Crippen LogP contribution in [0.1, 0.15) is 5.56 Å². The van der Waals surface area contributed by atoms with Crippen LogP contribution >= 0.6 is 23.4 Å². The van der Waals surface area contributed by atoms with Gasteiger partial charge >= 0.3 is 0 Å². The Morgan fingerprint density at radius 1 is 1.25 bits per heavy atom. The molecule has 1 heterocycles. The number of hydrogen-bond donors (Lipinski definition) is 1. The van der Waals surface area contributed by atoms with Gasteiger partial charge in [-0.25, -0.2) is 4.98 Å². The Bertz CT molecular complexity index is 849. The largest absolute Gasteiger partial charge is 0.431 e. The smallest absolute Gasteiger partial charge is 0.256 e. The standard InChI is InChI=1S/C18H15ClN2O2S/c1-12-7-8-14(19)9-15(12)21-17(22)11-24-18-20-10-16(23-18)13-5-3-2-4-6-13/h2-10H,11H2,1H3,(H,21,22). The van der Waals surface area contributed by atoms with Crippen LogP contribution in [0, 0.1) is 6.92 Å². The maximum Gasteiger partial charge on any atom is 0.256 e. The van der Waals surface area contributed by atoms with Crippen molar-refractivity contribution in [2.24, 2.45) is 0 Å². The lowest BCUT2D eigenvalue weighted by molar-refractivity contribution is -0.113. The van der Waals surface area contributed by atoms with E-state index in [-0.39, 0.29) is 11.7 Å². The molecule has 0 spiro atoms. The van der Waals surface area contributed by atoms with Gasteiger partial charge in [0.2, 0.25) is 5.91 Å². The monoisotopic (exact) mass is 358 g/mol. The number of rotatable bonds is 5. The first-order chi connectivity index (χ1) is 11.6. The molecule has 1 aromatic heterocycles. The second kappa shape index (κ2) is 7.55. The van der Waals surface area contributed by atoms with Crippen molar-refractivity contribution in [3.63, 3.8) is 0 Å². The Hall–Kier alpha value is -2.24. The number of thioether (sulfide) groups is 1. The zero-order valence-corrected chi connectivity index (χ0v) is 14.5. The molecule has 1 N–H and O–H groups in total. The Balaban J connectivity index is 1.59. The topological polar surface area (TPSA) is 55.1 Å². The van der Waals surface area contributed by atoms with Gasteiger partial charge in [0, 0.05) is 16.3 Å². The highest BCUT2D eigenvalue weighted by molar-refractivity contribution is 7.99. The summed E-state index contributed by atoms with van der Waals surface area (Å²) >= 11 is 7.20. The van der Waals surface area contributed by atoms with Gasteiger partial charge in [-0.3, -0.25) is 4.79 Å². The summed E-state index contributed by atoms with van der Waals surface area (Å²) in [7, 11) is 0. The minimum Gasteiger partial charge on any atom is -0.431 e. The SMILES string of the molecule is Cc1ccc(Cl)cc1NC(=O)CSc1ncc(-c2ccccc2)o1. The Kier molecular flexibility index (Phi) is 5.23. The minimum atomic E-state index is -0.134. The molecule has 0 atom stereocenters. The van der Waals surface area contributed by atoms with E-state index in [0.29, 0.717) is 21.7 Å². The number of aromatic nitrogens is 1. The first-order valence-corrected chi connectivity index (χ1v) is 8.68. The highest BCUT2D eigenvalue weighted by Crippen LogP contribution is 2.26. The van der Waals surface area contributed by atoms with Gasteiger partial charge in [0.15, 0.2) is 5.76 Å². The molecule has 6 heteroatoms. The van der Waals surface area contributed by atoms with E-state index in [4.69, 9.17) is 16.0 Å². The first-order valence-electron chi connectivity index (χ1n) is 7.32. The molecule has 0 aliphatic rings. The van der Waals surface area contributed by atoms with Crippen molar-refractivity contribution in [3.8, 4) is 11.3 Å². The van der Waals surface area contributed by atoms with Crippen molar-refractivity contribution in [2.75, 3.05) is 11.1 Å². The van der Waals surface area contributed by atoms with Gasteiger partial charge in [0.25, 0.3) is 5.22 Å². The van der Waals surface area contributed by atoms with E-state index in [1.165, 1.54) is 11.8 Å². The molecule has 0 aliphatic heterocycles. The summed E-state index contributed by atoms with van der Waals surface area (Å²) in [6.07, 6.45) is 1.66. The molecule has 0 aliphatic carbocycles. The van der Waals surface area contributed by atoms with Crippen molar-refractivity contribution in [2.45, 2.75) is 12.1 Å². The number of anilines is 1. The van der Waals surface area contributed by atoms with Crippen molar-refractivity contribution in [3.05, 3.63) is 65.3 Å². The quantitative estimate of drug-likeness (QED) is 0.649. The third kappa shape index (κ3) is 4.19. The number of oxazole rings is 1. The van der Waals surface area contributed by atoms with Gasteiger partial charge in [-0.1, -0.05) is 59.8 Å². The second-order valence-electron chi connectivity index (χ2n) is 5.15. The highest BCUT2D eigenvalue weighted by Gasteiger charge is 2.10. The summed E-state index contributed by atoms with van der Waals surface area (Å²) in [6, 6.07) is 15.1. The molecule has 24 heavy (non-hydrogen) atoms. The van der Waals surface area contributed by atoms with Gasteiger partial charge in [-0.05, 0) is 24.6 Å². The third-order valence-electron chi connectivity index (χ3n) is 3.34. The van der Waals surface area contributed by atoms with Crippen LogP contribution in [-0.2, 0) is 4.79 Å². The maximum absolute atomic E-state index is 12.1. The summed E-state index contributed by atoms with van der Waals surface area (Å²) in [5.74, 6) is 0.759. The number of hydrogen-bond acceptors (Lipinski definition) is 4. The van der Waals surface area contributed by atoms with Crippen LogP contribution in [0.25, 0.3) is 11.3 Å². The fourth-order valence-corrected chi connectivity index (χ4v) is 2.88.